The number of nitrogens with zero attached hydrogens (tertiary/aromatic N) is 1. The maximum absolute atomic E-state index is 5.28. The lowest BCUT2D eigenvalue weighted by atomic mass is 9.82. The van der Waals surface area contributed by atoms with Crippen molar-refractivity contribution in [2.75, 3.05) is 20.2 Å². The molecular formula is C8H13NO. The summed E-state index contributed by atoms with van der Waals surface area (Å²) in [4.78, 5) is 2.39. The SMILES string of the molecule is CN1CCC12CC=COC2. The Kier molecular flexibility index (Phi) is 1.24. The van der Waals surface area contributed by atoms with E-state index in [2.05, 4.69) is 18.0 Å². The predicted octanol–water partition coefficient (Wildman–Crippen LogP) is 0.995. The second-order valence-corrected chi connectivity index (χ2v) is 3.28. The first-order valence-electron chi connectivity index (χ1n) is 3.81. The summed E-state index contributed by atoms with van der Waals surface area (Å²) in [5.41, 5.74) is 0.384. The van der Waals surface area contributed by atoms with E-state index in [0.717, 1.165) is 6.61 Å². The fourth-order valence-corrected chi connectivity index (χ4v) is 1.69. The van der Waals surface area contributed by atoms with Gasteiger partial charge in [0.25, 0.3) is 0 Å². The minimum absolute atomic E-state index is 0.384. The fourth-order valence-electron chi connectivity index (χ4n) is 1.69. The quantitative estimate of drug-likeness (QED) is 0.496. The molecule has 2 aliphatic heterocycles. The molecule has 0 aromatic carbocycles. The van der Waals surface area contributed by atoms with Crippen molar-refractivity contribution in [1.82, 2.24) is 4.90 Å². The van der Waals surface area contributed by atoms with Gasteiger partial charge in [0.2, 0.25) is 0 Å². The Morgan fingerprint density at radius 1 is 1.60 bits per heavy atom. The number of likely N-dealkylation sites (N-methyl/N-ethyl adjacent to an activating group) is 1. The van der Waals surface area contributed by atoms with Crippen LogP contribution in [0.1, 0.15) is 12.8 Å². The van der Waals surface area contributed by atoms with Gasteiger partial charge in [-0.3, -0.25) is 4.90 Å². The average molecular weight is 139 g/mol. The van der Waals surface area contributed by atoms with E-state index in [-0.39, 0.29) is 0 Å². The second-order valence-electron chi connectivity index (χ2n) is 3.28. The summed E-state index contributed by atoms with van der Waals surface area (Å²) in [7, 11) is 2.17. The lowest BCUT2D eigenvalue weighted by molar-refractivity contribution is -0.0451. The molecule has 0 amide bonds. The van der Waals surface area contributed by atoms with E-state index in [1.807, 2.05) is 6.26 Å². The molecular weight excluding hydrogens is 126 g/mol. The first-order valence-corrected chi connectivity index (χ1v) is 3.81. The van der Waals surface area contributed by atoms with Crippen LogP contribution in [0, 0.1) is 0 Å². The molecule has 1 fully saturated rings. The molecule has 10 heavy (non-hydrogen) atoms. The zero-order valence-electron chi connectivity index (χ0n) is 6.34. The van der Waals surface area contributed by atoms with Crippen molar-refractivity contribution in [2.24, 2.45) is 0 Å². The van der Waals surface area contributed by atoms with Gasteiger partial charge in [-0.1, -0.05) is 0 Å². The lowest BCUT2D eigenvalue weighted by Gasteiger charge is -2.51. The van der Waals surface area contributed by atoms with Crippen molar-refractivity contribution in [3.05, 3.63) is 12.3 Å². The van der Waals surface area contributed by atoms with Crippen LogP contribution in [0.4, 0.5) is 0 Å². The van der Waals surface area contributed by atoms with E-state index in [9.17, 15) is 0 Å². The molecule has 1 unspecified atom stereocenters. The van der Waals surface area contributed by atoms with Crippen molar-refractivity contribution >= 4 is 0 Å². The highest BCUT2D eigenvalue weighted by Gasteiger charge is 2.42. The van der Waals surface area contributed by atoms with Gasteiger partial charge in [-0.2, -0.15) is 0 Å². The van der Waals surface area contributed by atoms with Gasteiger partial charge in [0, 0.05) is 6.54 Å². The summed E-state index contributed by atoms with van der Waals surface area (Å²) in [5, 5.41) is 0. The van der Waals surface area contributed by atoms with Crippen LogP contribution in [-0.4, -0.2) is 30.6 Å². The van der Waals surface area contributed by atoms with Crippen molar-refractivity contribution in [3.63, 3.8) is 0 Å². The van der Waals surface area contributed by atoms with Gasteiger partial charge in [0.1, 0.15) is 6.61 Å². The minimum atomic E-state index is 0.384. The second kappa shape index (κ2) is 1.99. The van der Waals surface area contributed by atoms with Gasteiger partial charge < -0.3 is 4.74 Å². The van der Waals surface area contributed by atoms with Crippen LogP contribution in [0.5, 0.6) is 0 Å². The molecule has 2 rings (SSSR count). The summed E-state index contributed by atoms with van der Waals surface area (Å²) in [6.07, 6.45) is 6.41. The van der Waals surface area contributed by atoms with E-state index >= 15 is 0 Å². The number of hydrogen-bond donors (Lipinski definition) is 0. The molecule has 0 radical (unpaired) electrons. The Bertz CT molecular complexity index is 167. The lowest BCUT2D eigenvalue weighted by Crippen LogP contribution is -2.60. The third-order valence-electron chi connectivity index (χ3n) is 2.76. The van der Waals surface area contributed by atoms with Crippen molar-refractivity contribution in [3.8, 4) is 0 Å². The van der Waals surface area contributed by atoms with E-state index in [1.165, 1.54) is 19.4 Å². The van der Waals surface area contributed by atoms with Gasteiger partial charge in [0.15, 0.2) is 0 Å². The summed E-state index contributed by atoms with van der Waals surface area (Å²) >= 11 is 0. The summed E-state index contributed by atoms with van der Waals surface area (Å²) in [6, 6.07) is 0. The van der Waals surface area contributed by atoms with Gasteiger partial charge in [-0.05, 0) is 26.0 Å². The smallest absolute Gasteiger partial charge is 0.106 e. The third kappa shape index (κ3) is 0.686. The minimum Gasteiger partial charge on any atom is -0.500 e. The molecule has 1 spiro atoms. The summed E-state index contributed by atoms with van der Waals surface area (Å²) in [6.45, 7) is 2.12. The van der Waals surface area contributed by atoms with E-state index in [1.54, 1.807) is 0 Å². The molecule has 0 aromatic heterocycles. The van der Waals surface area contributed by atoms with Crippen LogP contribution < -0.4 is 0 Å². The zero-order valence-corrected chi connectivity index (χ0v) is 6.34. The first kappa shape index (κ1) is 6.23. The Morgan fingerprint density at radius 2 is 2.50 bits per heavy atom. The Morgan fingerprint density at radius 3 is 2.80 bits per heavy atom. The average Bonchev–Trinajstić information content (AvgIpc) is 2.04. The Labute approximate surface area is 61.5 Å². The molecule has 0 aliphatic carbocycles. The predicted molar refractivity (Wildman–Crippen MR) is 39.7 cm³/mol. The molecule has 56 valence electrons. The maximum atomic E-state index is 5.28. The van der Waals surface area contributed by atoms with Gasteiger partial charge in [-0.25, -0.2) is 0 Å². The first-order chi connectivity index (χ1) is 4.83. The molecule has 2 heteroatoms. The Balaban J connectivity index is 2.08. The van der Waals surface area contributed by atoms with Gasteiger partial charge in [0.05, 0.1) is 11.8 Å². The van der Waals surface area contributed by atoms with E-state index in [4.69, 9.17) is 4.74 Å². The highest BCUT2D eigenvalue weighted by atomic mass is 16.5. The molecule has 0 N–H and O–H groups in total. The van der Waals surface area contributed by atoms with Crippen LogP contribution in [0.2, 0.25) is 0 Å². The topological polar surface area (TPSA) is 12.5 Å². The molecule has 2 heterocycles. The molecule has 0 aromatic rings. The molecule has 1 saturated heterocycles. The monoisotopic (exact) mass is 139 g/mol. The van der Waals surface area contributed by atoms with E-state index in [0.29, 0.717) is 5.54 Å². The van der Waals surface area contributed by atoms with Gasteiger partial charge in [-0.15, -0.1) is 0 Å². The molecule has 1 atom stereocenters. The number of ether oxygens (including phenoxy) is 1. The number of hydrogen-bond acceptors (Lipinski definition) is 2. The molecule has 2 aliphatic rings. The van der Waals surface area contributed by atoms with Crippen molar-refractivity contribution in [1.29, 1.82) is 0 Å². The number of rotatable bonds is 0. The molecule has 0 saturated carbocycles. The summed E-state index contributed by atoms with van der Waals surface area (Å²) in [5.74, 6) is 0. The van der Waals surface area contributed by atoms with Gasteiger partial charge >= 0.3 is 0 Å². The van der Waals surface area contributed by atoms with Crippen LogP contribution in [0.15, 0.2) is 12.3 Å². The maximum Gasteiger partial charge on any atom is 0.106 e. The normalized spacial score (nSPS) is 39.3. The highest BCUT2D eigenvalue weighted by Crippen LogP contribution is 2.34. The van der Waals surface area contributed by atoms with Crippen molar-refractivity contribution in [2.45, 2.75) is 18.4 Å². The van der Waals surface area contributed by atoms with Crippen LogP contribution in [0.25, 0.3) is 0 Å². The van der Waals surface area contributed by atoms with Crippen molar-refractivity contribution < 1.29 is 4.74 Å². The van der Waals surface area contributed by atoms with Crippen LogP contribution in [0.3, 0.4) is 0 Å². The van der Waals surface area contributed by atoms with Crippen LogP contribution >= 0.6 is 0 Å². The number of likely N-dealkylation sites (tertiary alicyclic amines) is 1. The third-order valence-corrected chi connectivity index (χ3v) is 2.76. The fraction of sp³-hybridized carbons (Fsp3) is 0.750. The summed E-state index contributed by atoms with van der Waals surface area (Å²) < 4.78 is 5.28. The molecule has 0 bridgehead atoms. The molecule has 2 nitrogen and oxygen atoms in total. The largest absolute Gasteiger partial charge is 0.500 e. The Hall–Kier alpha value is -0.500. The highest BCUT2D eigenvalue weighted by molar-refractivity contribution is 5.05. The van der Waals surface area contributed by atoms with Crippen LogP contribution in [-0.2, 0) is 4.74 Å². The zero-order chi connectivity index (χ0) is 7.03. The standard InChI is InChI=1S/C8H13NO/c1-9-5-4-8(9)3-2-6-10-7-8/h2,6H,3-5,7H2,1H3. The van der Waals surface area contributed by atoms with E-state index < -0.39 is 0 Å².